The van der Waals surface area contributed by atoms with Gasteiger partial charge in [-0.1, -0.05) is 6.07 Å². The van der Waals surface area contributed by atoms with Crippen molar-refractivity contribution in [2.75, 3.05) is 44.3 Å². The zero-order chi connectivity index (χ0) is 12.8. The summed E-state index contributed by atoms with van der Waals surface area (Å²) >= 11 is 1.68. The molecule has 1 aromatic carbocycles. The average molecular weight is 338 g/mol. The summed E-state index contributed by atoms with van der Waals surface area (Å²) in [6.07, 6.45) is 2.03. The smallest absolute Gasteiger partial charge is 0.238 e. The number of carbonyl (C=O) groups excluding carboxylic acids is 1. The molecule has 1 fully saturated rings. The van der Waals surface area contributed by atoms with E-state index in [0.717, 1.165) is 36.8 Å². The van der Waals surface area contributed by atoms with E-state index < -0.39 is 0 Å². The summed E-state index contributed by atoms with van der Waals surface area (Å²) in [5.41, 5.74) is 0.877. The van der Waals surface area contributed by atoms with Crippen LogP contribution >= 0.6 is 36.6 Å². The standard InChI is InChI=1S/C13H19N3OS.2ClH/c1-18-12-4-2-3-11(9-12)15-13(17)10-16-7-5-14-6-8-16;;/h2-4,9,14H,5-8,10H2,1H3,(H,15,17);2*1H. The number of carbonyl (C=O) groups is 1. The topological polar surface area (TPSA) is 44.4 Å². The molecule has 0 aliphatic carbocycles. The highest BCUT2D eigenvalue weighted by molar-refractivity contribution is 7.98. The molecule has 0 radical (unpaired) electrons. The largest absolute Gasteiger partial charge is 0.325 e. The third-order valence-corrected chi connectivity index (χ3v) is 3.66. The normalized spacial score (nSPS) is 14.8. The molecule has 1 aliphatic rings. The predicted octanol–water partition coefficient (Wildman–Crippen LogP) is 2.10. The molecule has 1 saturated heterocycles. The van der Waals surface area contributed by atoms with Crippen molar-refractivity contribution < 1.29 is 4.79 Å². The van der Waals surface area contributed by atoms with Crippen molar-refractivity contribution >= 4 is 48.2 Å². The summed E-state index contributed by atoms with van der Waals surface area (Å²) in [5.74, 6) is 0.0650. The Morgan fingerprint density at radius 3 is 2.70 bits per heavy atom. The molecule has 7 heteroatoms. The first-order chi connectivity index (χ1) is 8.78. The second kappa shape index (κ2) is 10.3. The number of hydrogen-bond donors (Lipinski definition) is 2. The highest BCUT2D eigenvalue weighted by Gasteiger charge is 2.13. The molecule has 0 unspecified atom stereocenters. The van der Waals surface area contributed by atoms with Crippen LogP contribution in [0.2, 0.25) is 0 Å². The van der Waals surface area contributed by atoms with Crippen LogP contribution in [0, 0.1) is 0 Å². The Kier molecular flexibility index (Phi) is 10.1. The van der Waals surface area contributed by atoms with E-state index in [9.17, 15) is 4.79 Å². The molecule has 114 valence electrons. The number of hydrogen-bond acceptors (Lipinski definition) is 4. The van der Waals surface area contributed by atoms with Crippen molar-refractivity contribution in [1.29, 1.82) is 0 Å². The number of nitrogens with zero attached hydrogens (tertiary/aromatic N) is 1. The molecule has 0 bridgehead atoms. The van der Waals surface area contributed by atoms with Crippen molar-refractivity contribution in [2.24, 2.45) is 0 Å². The van der Waals surface area contributed by atoms with Gasteiger partial charge in [0.2, 0.25) is 5.91 Å². The van der Waals surface area contributed by atoms with Crippen LogP contribution in [-0.2, 0) is 4.79 Å². The van der Waals surface area contributed by atoms with Crippen LogP contribution in [0.1, 0.15) is 0 Å². The maximum absolute atomic E-state index is 11.9. The van der Waals surface area contributed by atoms with Gasteiger partial charge < -0.3 is 10.6 Å². The lowest BCUT2D eigenvalue weighted by Gasteiger charge is -2.26. The third kappa shape index (κ3) is 6.33. The number of halogens is 2. The van der Waals surface area contributed by atoms with E-state index in [-0.39, 0.29) is 30.7 Å². The van der Waals surface area contributed by atoms with Gasteiger partial charge in [-0.25, -0.2) is 0 Å². The second-order valence-electron chi connectivity index (χ2n) is 4.31. The van der Waals surface area contributed by atoms with E-state index in [2.05, 4.69) is 15.5 Å². The Morgan fingerprint density at radius 2 is 2.05 bits per heavy atom. The Hall–Kier alpha value is -0.460. The van der Waals surface area contributed by atoms with Crippen molar-refractivity contribution in [1.82, 2.24) is 10.2 Å². The predicted molar refractivity (Wildman–Crippen MR) is 90.7 cm³/mol. The maximum atomic E-state index is 11.9. The van der Waals surface area contributed by atoms with Gasteiger partial charge in [-0.15, -0.1) is 36.6 Å². The lowest BCUT2D eigenvalue weighted by atomic mass is 10.3. The maximum Gasteiger partial charge on any atom is 0.238 e. The van der Waals surface area contributed by atoms with Gasteiger partial charge in [-0.05, 0) is 24.5 Å². The van der Waals surface area contributed by atoms with Crippen LogP contribution in [-0.4, -0.2) is 49.8 Å². The van der Waals surface area contributed by atoms with E-state index in [1.807, 2.05) is 30.5 Å². The van der Waals surface area contributed by atoms with E-state index in [1.54, 1.807) is 11.8 Å². The molecule has 2 rings (SSSR count). The highest BCUT2D eigenvalue weighted by Crippen LogP contribution is 2.18. The van der Waals surface area contributed by atoms with E-state index in [4.69, 9.17) is 0 Å². The molecule has 0 saturated carbocycles. The first kappa shape index (κ1) is 19.5. The zero-order valence-electron chi connectivity index (χ0n) is 11.4. The van der Waals surface area contributed by atoms with Gasteiger partial charge in [-0.3, -0.25) is 9.69 Å². The summed E-state index contributed by atoms with van der Waals surface area (Å²) in [6, 6.07) is 7.93. The van der Waals surface area contributed by atoms with E-state index >= 15 is 0 Å². The number of rotatable bonds is 4. The number of thioether (sulfide) groups is 1. The van der Waals surface area contributed by atoms with Gasteiger partial charge in [0.1, 0.15) is 0 Å². The molecular weight excluding hydrogens is 317 g/mol. The minimum absolute atomic E-state index is 0. The van der Waals surface area contributed by atoms with E-state index in [0.29, 0.717) is 6.54 Å². The number of nitrogens with one attached hydrogen (secondary N) is 2. The van der Waals surface area contributed by atoms with Crippen LogP contribution in [0.3, 0.4) is 0 Å². The van der Waals surface area contributed by atoms with Crippen LogP contribution < -0.4 is 10.6 Å². The van der Waals surface area contributed by atoms with Gasteiger partial charge >= 0.3 is 0 Å². The molecular formula is C13H21Cl2N3OS. The molecule has 1 heterocycles. The van der Waals surface area contributed by atoms with Crippen molar-refractivity contribution in [2.45, 2.75) is 4.90 Å². The summed E-state index contributed by atoms with van der Waals surface area (Å²) in [4.78, 5) is 15.2. The summed E-state index contributed by atoms with van der Waals surface area (Å²) < 4.78 is 0. The summed E-state index contributed by atoms with van der Waals surface area (Å²) in [6.45, 7) is 4.30. The first-order valence-electron chi connectivity index (χ1n) is 6.15. The molecule has 1 aromatic rings. The quantitative estimate of drug-likeness (QED) is 0.826. The molecule has 0 spiro atoms. The Balaban J connectivity index is 0.00000180. The molecule has 0 aromatic heterocycles. The Bertz CT molecular complexity index is 414. The SMILES string of the molecule is CSc1cccc(NC(=O)CN2CCNCC2)c1.Cl.Cl. The van der Waals surface area contributed by atoms with Gasteiger partial charge in [0.05, 0.1) is 6.54 Å². The average Bonchev–Trinajstić information content (AvgIpc) is 2.40. The minimum atomic E-state index is 0. The van der Waals surface area contributed by atoms with Crippen molar-refractivity contribution in [3.05, 3.63) is 24.3 Å². The lowest BCUT2D eigenvalue weighted by Crippen LogP contribution is -2.46. The number of anilines is 1. The van der Waals surface area contributed by atoms with Crippen LogP contribution in [0.15, 0.2) is 29.2 Å². The lowest BCUT2D eigenvalue weighted by molar-refractivity contribution is -0.117. The van der Waals surface area contributed by atoms with Gasteiger partial charge in [0.25, 0.3) is 0 Å². The van der Waals surface area contributed by atoms with Gasteiger partial charge in [-0.2, -0.15) is 0 Å². The molecule has 1 amide bonds. The second-order valence-corrected chi connectivity index (χ2v) is 5.19. The molecule has 0 atom stereocenters. The van der Waals surface area contributed by atoms with Crippen LogP contribution in [0.4, 0.5) is 5.69 Å². The first-order valence-corrected chi connectivity index (χ1v) is 7.37. The fraction of sp³-hybridized carbons (Fsp3) is 0.462. The van der Waals surface area contributed by atoms with E-state index in [1.165, 1.54) is 0 Å². The number of benzene rings is 1. The number of amides is 1. The van der Waals surface area contributed by atoms with Gasteiger partial charge in [0.15, 0.2) is 0 Å². The minimum Gasteiger partial charge on any atom is -0.325 e. The summed E-state index contributed by atoms with van der Waals surface area (Å²) in [7, 11) is 0. The highest BCUT2D eigenvalue weighted by atomic mass is 35.5. The monoisotopic (exact) mass is 337 g/mol. The van der Waals surface area contributed by atoms with Crippen LogP contribution in [0.5, 0.6) is 0 Å². The third-order valence-electron chi connectivity index (χ3n) is 2.93. The fourth-order valence-corrected chi connectivity index (χ4v) is 2.43. The number of piperazine rings is 1. The molecule has 4 nitrogen and oxygen atoms in total. The van der Waals surface area contributed by atoms with Crippen molar-refractivity contribution in [3.63, 3.8) is 0 Å². The molecule has 1 aliphatic heterocycles. The molecule has 20 heavy (non-hydrogen) atoms. The Labute approximate surface area is 136 Å². The molecule has 2 N–H and O–H groups in total. The zero-order valence-corrected chi connectivity index (χ0v) is 13.9. The van der Waals surface area contributed by atoms with Crippen molar-refractivity contribution in [3.8, 4) is 0 Å². The van der Waals surface area contributed by atoms with Gasteiger partial charge in [0, 0.05) is 36.8 Å². The Morgan fingerprint density at radius 1 is 1.35 bits per heavy atom. The van der Waals surface area contributed by atoms with Crippen LogP contribution in [0.25, 0.3) is 0 Å². The fourth-order valence-electron chi connectivity index (χ4n) is 1.97. The summed E-state index contributed by atoms with van der Waals surface area (Å²) in [5, 5.41) is 6.23.